The minimum atomic E-state index is -0.536. The quantitative estimate of drug-likeness (QED) is 0.321. The monoisotopic (exact) mass is 511 g/mol. The van der Waals surface area contributed by atoms with Gasteiger partial charge in [0.25, 0.3) is 11.6 Å². The molecule has 1 aromatic carbocycles. The van der Waals surface area contributed by atoms with Crippen molar-refractivity contribution >= 4 is 51.0 Å². The number of nitriles is 1. The van der Waals surface area contributed by atoms with Crippen LogP contribution in [0.5, 0.6) is 0 Å². The molecule has 2 aromatic rings. The molecule has 1 amide bonds. The van der Waals surface area contributed by atoms with Crippen LogP contribution in [0.25, 0.3) is 0 Å². The van der Waals surface area contributed by atoms with Gasteiger partial charge in [-0.1, -0.05) is 20.8 Å². The predicted octanol–water partition coefficient (Wildman–Crippen LogP) is 5.41. The summed E-state index contributed by atoms with van der Waals surface area (Å²) >= 11 is 6.87. The summed E-state index contributed by atoms with van der Waals surface area (Å²) in [6.45, 7) is 8.26. The van der Waals surface area contributed by atoms with Crippen molar-refractivity contribution in [3.05, 3.63) is 49.9 Å². The second kappa shape index (κ2) is 9.91. The highest BCUT2D eigenvalue weighted by molar-refractivity contribution is 7.80. The van der Waals surface area contributed by atoms with E-state index in [9.17, 15) is 20.2 Å². The summed E-state index contributed by atoms with van der Waals surface area (Å²) < 4.78 is 0. The van der Waals surface area contributed by atoms with E-state index in [0.717, 1.165) is 50.8 Å². The lowest BCUT2D eigenvalue weighted by atomic mass is 9.72. The average molecular weight is 512 g/mol. The third-order valence-corrected chi connectivity index (χ3v) is 8.31. The number of hydrogen-bond acceptors (Lipinski definition) is 7. The number of nitro benzene ring substituents is 1. The Balaban J connectivity index is 1.48. The maximum absolute atomic E-state index is 12.8. The molecular weight excluding hydrogens is 482 g/mol. The summed E-state index contributed by atoms with van der Waals surface area (Å²) in [6, 6.07) is 6.80. The highest BCUT2D eigenvalue weighted by atomic mass is 32.1. The maximum atomic E-state index is 12.8. The van der Waals surface area contributed by atoms with Gasteiger partial charge in [-0.3, -0.25) is 20.2 Å². The molecular formula is C25H29N5O3S2. The molecule has 0 radical (unpaired) electrons. The number of carbonyl (C=O) groups excluding carboxylic acids is 1. The first-order valence-electron chi connectivity index (χ1n) is 11.8. The minimum absolute atomic E-state index is 0.0590. The van der Waals surface area contributed by atoms with Crippen molar-refractivity contribution < 1.29 is 9.72 Å². The summed E-state index contributed by atoms with van der Waals surface area (Å²) in [7, 11) is 0. The number of thiophene rings is 1. The molecule has 0 spiro atoms. The van der Waals surface area contributed by atoms with Gasteiger partial charge in [0.2, 0.25) is 0 Å². The SMILES string of the molecule is CC(C)(C)[C@H]1CCc2c(sc(NC(=S)NC(=O)c3ccc(N4CCCC4)c([N+](=O)[O-])c3)c2C#N)C1. The molecule has 0 bridgehead atoms. The van der Waals surface area contributed by atoms with Crippen LogP contribution in [0.1, 0.15) is 66.4 Å². The Kier molecular flexibility index (Phi) is 7.10. The number of anilines is 2. The predicted molar refractivity (Wildman–Crippen MR) is 142 cm³/mol. The molecule has 2 heterocycles. The lowest BCUT2D eigenvalue weighted by molar-refractivity contribution is -0.384. The van der Waals surface area contributed by atoms with E-state index in [1.807, 2.05) is 4.90 Å². The molecule has 10 heteroatoms. The Morgan fingerprint density at radius 2 is 2.03 bits per heavy atom. The summed E-state index contributed by atoms with van der Waals surface area (Å²) in [5, 5.41) is 27.7. The van der Waals surface area contributed by atoms with Gasteiger partial charge in [0.15, 0.2) is 5.11 Å². The van der Waals surface area contributed by atoms with Crippen molar-refractivity contribution in [2.45, 2.75) is 52.9 Å². The van der Waals surface area contributed by atoms with Crippen LogP contribution in [0.4, 0.5) is 16.4 Å². The Hall–Kier alpha value is -3.03. The summed E-state index contributed by atoms with van der Waals surface area (Å²) in [5.74, 6) is 0.00483. The zero-order chi connectivity index (χ0) is 25.3. The van der Waals surface area contributed by atoms with Crippen LogP contribution in [0, 0.1) is 32.8 Å². The van der Waals surface area contributed by atoms with Gasteiger partial charge in [-0.05, 0) is 73.4 Å². The molecule has 2 aliphatic rings. The van der Waals surface area contributed by atoms with E-state index in [0.29, 0.717) is 22.2 Å². The van der Waals surface area contributed by atoms with E-state index in [4.69, 9.17) is 12.2 Å². The molecule has 0 unspecified atom stereocenters. The molecule has 2 N–H and O–H groups in total. The second-order valence-electron chi connectivity index (χ2n) is 10.2. The van der Waals surface area contributed by atoms with E-state index in [1.165, 1.54) is 22.3 Å². The highest BCUT2D eigenvalue weighted by Gasteiger charge is 2.32. The Morgan fingerprint density at radius 1 is 1.31 bits per heavy atom. The third kappa shape index (κ3) is 5.31. The number of fused-ring (bicyclic) bond motifs is 1. The summed E-state index contributed by atoms with van der Waals surface area (Å²) in [5.41, 5.74) is 2.44. The number of nitrogens with zero attached hydrogens (tertiary/aromatic N) is 3. The van der Waals surface area contributed by atoms with E-state index >= 15 is 0 Å². The van der Waals surface area contributed by atoms with Crippen LogP contribution in [-0.2, 0) is 12.8 Å². The number of benzene rings is 1. The van der Waals surface area contributed by atoms with E-state index < -0.39 is 10.8 Å². The maximum Gasteiger partial charge on any atom is 0.293 e. The summed E-state index contributed by atoms with van der Waals surface area (Å²) in [4.78, 5) is 27.2. The molecule has 1 aliphatic heterocycles. The minimum Gasteiger partial charge on any atom is -0.366 e. The van der Waals surface area contributed by atoms with Crippen LogP contribution >= 0.6 is 23.6 Å². The fraction of sp³-hybridized carbons (Fsp3) is 0.480. The summed E-state index contributed by atoms with van der Waals surface area (Å²) in [6.07, 6.45) is 4.80. The third-order valence-electron chi connectivity index (χ3n) is 6.94. The lowest BCUT2D eigenvalue weighted by Crippen LogP contribution is -2.34. The number of nitrogens with one attached hydrogen (secondary N) is 2. The molecule has 184 valence electrons. The van der Waals surface area contributed by atoms with E-state index in [-0.39, 0.29) is 21.8 Å². The molecule has 35 heavy (non-hydrogen) atoms. The average Bonchev–Trinajstić information content (AvgIpc) is 3.45. The molecule has 1 atom stereocenters. The van der Waals surface area contributed by atoms with Gasteiger partial charge in [0.05, 0.1) is 10.5 Å². The fourth-order valence-corrected chi connectivity index (χ4v) is 6.42. The van der Waals surface area contributed by atoms with Crippen molar-refractivity contribution in [2.24, 2.45) is 11.3 Å². The number of hydrogen-bond donors (Lipinski definition) is 2. The number of thiocarbonyl (C=S) groups is 1. The molecule has 1 aromatic heterocycles. The second-order valence-corrected chi connectivity index (χ2v) is 11.7. The van der Waals surface area contributed by atoms with E-state index in [1.54, 1.807) is 12.1 Å². The van der Waals surface area contributed by atoms with Crippen LogP contribution < -0.4 is 15.5 Å². The van der Waals surface area contributed by atoms with Crippen molar-refractivity contribution in [2.75, 3.05) is 23.3 Å². The van der Waals surface area contributed by atoms with Crippen molar-refractivity contribution in [3.63, 3.8) is 0 Å². The van der Waals surface area contributed by atoms with Crippen molar-refractivity contribution in [1.82, 2.24) is 5.32 Å². The standard InChI is InChI=1S/C25H29N5O3S2/c1-25(2,3)16-7-8-17-18(14-26)23(35-21(17)13-16)28-24(34)27-22(31)15-6-9-19(20(12-15)30(32)33)29-10-4-5-11-29/h6,9,12,16H,4-5,7-8,10-11,13H2,1-3H3,(H2,27,28,31,34)/t16-/m0/s1. The van der Waals surface area contributed by atoms with Gasteiger partial charge < -0.3 is 10.2 Å². The Morgan fingerprint density at radius 3 is 2.66 bits per heavy atom. The van der Waals surface area contributed by atoms with Gasteiger partial charge in [0, 0.05) is 29.6 Å². The zero-order valence-electron chi connectivity index (χ0n) is 20.1. The number of nitro groups is 1. The normalized spacial score (nSPS) is 17.4. The van der Waals surface area contributed by atoms with Gasteiger partial charge >= 0.3 is 0 Å². The molecule has 1 saturated heterocycles. The highest BCUT2D eigenvalue weighted by Crippen LogP contribution is 2.44. The fourth-order valence-electron chi connectivity index (χ4n) is 4.88. The molecule has 0 saturated carbocycles. The Labute approximate surface area is 214 Å². The first kappa shape index (κ1) is 25.1. The van der Waals surface area contributed by atoms with Gasteiger partial charge in [-0.25, -0.2) is 0 Å². The number of amides is 1. The first-order chi connectivity index (χ1) is 16.6. The smallest absolute Gasteiger partial charge is 0.293 e. The zero-order valence-corrected chi connectivity index (χ0v) is 21.8. The largest absolute Gasteiger partial charge is 0.366 e. The molecule has 4 rings (SSSR count). The molecule has 1 aliphatic carbocycles. The molecule has 1 fully saturated rings. The number of rotatable bonds is 4. The lowest BCUT2D eigenvalue weighted by Gasteiger charge is -2.33. The first-order valence-corrected chi connectivity index (χ1v) is 13.0. The van der Waals surface area contributed by atoms with Crippen LogP contribution in [0.3, 0.4) is 0 Å². The van der Waals surface area contributed by atoms with Crippen LogP contribution in [0.2, 0.25) is 0 Å². The van der Waals surface area contributed by atoms with Gasteiger partial charge in [-0.2, -0.15) is 5.26 Å². The van der Waals surface area contributed by atoms with E-state index in [2.05, 4.69) is 37.5 Å². The van der Waals surface area contributed by atoms with Crippen LogP contribution in [-0.4, -0.2) is 29.0 Å². The molecule has 8 nitrogen and oxygen atoms in total. The number of carbonyl (C=O) groups is 1. The Bertz CT molecular complexity index is 1220. The van der Waals surface area contributed by atoms with Crippen molar-refractivity contribution in [1.29, 1.82) is 5.26 Å². The van der Waals surface area contributed by atoms with Gasteiger partial charge in [-0.15, -0.1) is 11.3 Å². The van der Waals surface area contributed by atoms with Crippen molar-refractivity contribution in [3.8, 4) is 6.07 Å². The van der Waals surface area contributed by atoms with Crippen LogP contribution in [0.15, 0.2) is 18.2 Å². The topological polar surface area (TPSA) is 111 Å². The van der Waals surface area contributed by atoms with Gasteiger partial charge in [0.1, 0.15) is 16.8 Å².